The topological polar surface area (TPSA) is 61.4 Å². The second-order valence-electron chi connectivity index (χ2n) is 9.24. The van der Waals surface area contributed by atoms with E-state index in [2.05, 4.69) is 29.4 Å². The molecule has 0 radical (unpaired) electrons. The Morgan fingerprint density at radius 2 is 1.85 bits per heavy atom. The van der Waals surface area contributed by atoms with Gasteiger partial charge in [0.15, 0.2) is 0 Å². The summed E-state index contributed by atoms with van der Waals surface area (Å²) in [5.41, 5.74) is 0. The van der Waals surface area contributed by atoms with E-state index in [0.29, 0.717) is 18.5 Å². The van der Waals surface area contributed by atoms with Crippen molar-refractivity contribution in [3.05, 3.63) is 0 Å². The third-order valence-electron chi connectivity index (χ3n) is 7.23. The first-order valence-corrected chi connectivity index (χ1v) is 11.4. The molecule has 2 saturated carbocycles. The van der Waals surface area contributed by atoms with Crippen LogP contribution in [0.15, 0.2) is 0 Å². The number of rotatable bonds is 9. The molecule has 2 bridgehead atoms. The van der Waals surface area contributed by atoms with E-state index in [9.17, 15) is 9.59 Å². The van der Waals surface area contributed by atoms with Gasteiger partial charge in [0, 0.05) is 18.5 Å². The Morgan fingerprint density at radius 1 is 1.07 bits per heavy atom. The van der Waals surface area contributed by atoms with Gasteiger partial charge < -0.3 is 10.6 Å². The predicted molar refractivity (Wildman–Crippen MR) is 108 cm³/mol. The molecule has 0 aromatic carbocycles. The fourth-order valence-electron chi connectivity index (χ4n) is 5.60. The number of nitrogens with zero attached hydrogens (tertiary/aromatic N) is 1. The van der Waals surface area contributed by atoms with Gasteiger partial charge >= 0.3 is 0 Å². The summed E-state index contributed by atoms with van der Waals surface area (Å²) < 4.78 is 0. The molecule has 154 valence electrons. The summed E-state index contributed by atoms with van der Waals surface area (Å²) in [5, 5.41) is 6.34. The number of carbonyl (C=O) groups is 2. The van der Waals surface area contributed by atoms with Crippen molar-refractivity contribution in [3.8, 4) is 0 Å². The molecule has 4 unspecified atom stereocenters. The summed E-state index contributed by atoms with van der Waals surface area (Å²) in [5.74, 6) is 2.95. The van der Waals surface area contributed by atoms with Gasteiger partial charge in [-0.05, 0) is 76.3 Å². The highest BCUT2D eigenvalue weighted by atomic mass is 16.2. The molecule has 5 nitrogen and oxygen atoms in total. The highest BCUT2D eigenvalue weighted by molar-refractivity contribution is 5.79. The number of likely N-dealkylation sites (tertiary alicyclic amines) is 1. The number of hydrogen-bond donors (Lipinski definition) is 2. The second kappa shape index (κ2) is 9.90. The lowest BCUT2D eigenvalue weighted by Gasteiger charge is -2.32. The Hall–Kier alpha value is -1.10. The van der Waals surface area contributed by atoms with Crippen LogP contribution in [0.1, 0.15) is 71.6 Å². The summed E-state index contributed by atoms with van der Waals surface area (Å²) in [7, 11) is 0. The standard InChI is InChI=1S/C22H39N3O2/c1-3-4-5-10-23-22(27)18-8-11-25(12-9-18)15-21(26)24-16(2)20-14-17-6-7-19(20)13-17/h16-20H,3-15H2,1-2H3,(H,23,27)(H,24,26). The Bertz CT molecular complexity index is 502. The molecule has 5 heteroatoms. The van der Waals surface area contributed by atoms with E-state index in [4.69, 9.17) is 0 Å². The summed E-state index contributed by atoms with van der Waals surface area (Å²) in [6.45, 7) is 7.35. The van der Waals surface area contributed by atoms with E-state index >= 15 is 0 Å². The number of carbonyl (C=O) groups excluding carboxylic acids is 2. The Balaban J connectivity index is 1.31. The van der Waals surface area contributed by atoms with E-state index < -0.39 is 0 Å². The van der Waals surface area contributed by atoms with E-state index in [1.54, 1.807) is 0 Å². The average Bonchev–Trinajstić information content (AvgIpc) is 3.29. The molecule has 0 aromatic rings. The highest BCUT2D eigenvalue weighted by Crippen LogP contribution is 2.49. The fraction of sp³-hybridized carbons (Fsp3) is 0.909. The predicted octanol–water partition coefficient (Wildman–Crippen LogP) is 2.95. The first-order chi connectivity index (χ1) is 13.1. The third kappa shape index (κ3) is 5.69. The second-order valence-corrected chi connectivity index (χ2v) is 9.24. The first kappa shape index (κ1) is 20.6. The van der Waals surface area contributed by atoms with Crippen molar-refractivity contribution in [1.82, 2.24) is 15.5 Å². The van der Waals surface area contributed by atoms with Crippen LogP contribution < -0.4 is 10.6 Å². The van der Waals surface area contributed by atoms with Crippen LogP contribution in [0.2, 0.25) is 0 Å². The molecule has 2 amide bonds. The number of unbranched alkanes of at least 4 members (excludes halogenated alkanes) is 2. The fourth-order valence-corrected chi connectivity index (χ4v) is 5.60. The van der Waals surface area contributed by atoms with Crippen LogP contribution in [0, 0.1) is 23.7 Å². The van der Waals surface area contributed by atoms with Crippen molar-refractivity contribution >= 4 is 11.8 Å². The summed E-state index contributed by atoms with van der Waals surface area (Å²) in [6, 6.07) is 0.305. The Morgan fingerprint density at radius 3 is 2.48 bits per heavy atom. The molecule has 0 aromatic heterocycles. The van der Waals surface area contributed by atoms with E-state index in [1.807, 2.05) is 0 Å². The molecule has 3 rings (SSSR count). The molecule has 2 N–H and O–H groups in total. The lowest BCUT2D eigenvalue weighted by molar-refractivity contribution is -0.127. The molecular weight excluding hydrogens is 338 g/mol. The summed E-state index contributed by atoms with van der Waals surface area (Å²) in [4.78, 5) is 26.9. The van der Waals surface area contributed by atoms with E-state index in [0.717, 1.165) is 50.7 Å². The molecule has 4 atom stereocenters. The number of amides is 2. The number of hydrogen-bond acceptors (Lipinski definition) is 3. The van der Waals surface area contributed by atoms with Crippen molar-refractivity contribution in [2.45, 2.75) is 77.7 Å². The van der Waals surface area contributed by atoms with Crippen molar-refractivity contribution in [2.75, 3.05) is 26.2 Å². The molecule has 1 heterocycles. The van der Waals surface area contributed by atoms with Crippen LogP contribution in [0.3, 0.4) is 0 Å². The van der Waals surface area contributed by atoms with Crippen LogP contribution in [0.25, 0.3) is 0 Å². The molecule has 0 spiro atoms. The van der Waals surface area contributed by atoms with Crippen molar-refractivity contribution in [1.29, 1.82) is 0 Å². The molecule has 1 saturated heterocycles. The maximum atomic E-state index is 12.5. The maximum Gasteiger partial charge on any atom is 0.234 e. The van der Waals surface area contributed by atoms with Gasteiger partial charge in [0.1, 0.15) is 0 Å². The molecule has 2 aliphatic carbocycles. The van der Waals surface area contributed by atoms with Crippen molar-refractivity contribution in [3.63, 3.8) is 0 Å². The van der Waals surface area contributed by atoms with Crippen LogP contribution in [-0.4, -0.2) is 48.9 Å². The van der Waals surface area contributed by atoms with Crippen LogP contribution in [0.4, 0.5) is 0 Å². The van der Waals surface area contributed by atoms with E-state index in [1.165, 1.54) is 38.5 Å². The lowest BCUT2D eigenvalue weighted by atomic mass is 9.84. The van der Waals surface area contributed by atoms with Gasteiger partial charge in [0.25, 0.3) is 0 Å². The van der Waals surface area contributed by atoms with Gasteiger partial charge in [-0.15, -0.1) is 0 Å². The quantitative estimate of drug-likeness (QED) is 0.607. The smallest absolute Gasteiger partial charge is 0.234 e. The SMILES string of the molecule is CCCCCNC(=O)C1CCN(CC(=O)NC(C)C2CC3CCC2C3)CC1. The summed E-state index contributed by atoms with van der Waals surface area (Å²) >= 11 is 0. The largest absolute Gasteiger partial charge is 0.356 e. The first-order valence-electron chi connectivity index (χ1n) is 11.4. The Kier molecular flexibility index (Phi) is 7.57. The zero-order valence-corrected chi connectivity index (χ0v) is 17.3. The van der Waals surface area contributed by atoms with Gasteiger partial charge in [0.05, 0.1) is 6.54 Å². The maximum absolute atomic E-state index is 12.5. The molecule has 3 aliphatic rings. The van der Waals surface area contributed by atoms with Crippen LogP contribution in [0.5, 0.6) is 0 Å². The van der Waals surface area contributed by atoms with Gasteiger partial charge in [-0.3, -0.25) is 14.5 Å². The molecule has 27 heavy (non-hydrogen) atoms. The van der Waals surface area contributed by atoms with Gasteiger partial charge in [-0.25, -0.2) is 0 Å². The zero-order valence-electron chi connectivity index (χ0n) is 17.3. The van der Waals surface area contributed by atoms with E-state index in [-0.39, 0.29) is 17.7 Å². The van der Waals surface area contributed by atoms with Gasteiger partial charge in [0.2, 0.25) is 11.8 Å². The minimum absolute atomic E-state index is 0.124. The van der Waals surface area contributed by atoms with Crippen LogP contribution >= 0.6 is 0 Å². The van der Waals surface area contributed by atoms with Crippen LogP contribution in [-0.2, 0) is 9.59 Å². The monoisotopic (exact) mass is 377 g/mol. The lowest BCUT2D eigenvalue weighted by Crippen LogP contribution is -2.47. The number of piperidine rings is 1. The zero-order chi connectivity index (χ0) is 19.2. The number of fused-ring (bicyclic) bond motifs is 2. The van der Waals surface area contributed by atoms with Gasteiger partial charge in [-0.1, -0.05) is 26.2 Å². The highest BCUT2D eigenvalue weighted by Gasteiger charge is 2.42. The van der Waals surface area contributed by atoms with Crippen molar-refractivity contribution < 1.29 is 9.59 Å². The average molecular weight is 378 g/mol. The molecule has 3 fully saturated rings. The minimum Gasteiger partial charge on any atom is -0.356 e. The van der Waals surface area contributed by atoms with Gasteiger partial charge in [-0.2, -0.15) is 0 Å². The Labute approximate surface area is 165 Å². The molecule has 1 aliphatic heterocycles. The summed E-state index contributed by atoms with van der Waals surface area (Å²) in [6.07, 6.45) is 10.6. The minimum atomic E-state index is 0.124. The molecular formula is C22H39N3O2. The number of nitrogens with one attached hydrogen (secondary N) is 2. The third-order valence-corrected chi connectivity index (χ3v) is 7.23. The normalized spacial score (nSPS) is 29.6. The van der Waals surface area contributed by atoms with Crippen molar-refractivity contribution in [2.24, 2.45) is 23.7 Å².